The van der Waals surface area contributed by atoms with E-state index < -0.39 is 0 Å². The van der Waals surface area contributed by atoms with Gasteiger partial charge in [-0.2, -0.15) is 5.10 Å². The van der Waals surface area contributed by atoms with Crippen LogP contribution in [-0.2, 0) is 18.3 Å². The number of hydrogen-bond acceptors (Lipinski definition) is 4. The van der Waals surface area contributed by atoms with Crippen molar-refractivity contribution >= 4 is 6.03 Å². The Bertz CT molecular complexity index is 530. The molecule has 0 radical (unpaired) electrons. The van der Waals surface area contributed by atoms with Crippen LogP contribution < -0.4 is 5.32 Å². The van der Waals surface area contributed by atoms with Gasteiger partial charge < -0.3 is 15.0 Å². The minimum atomic E-state index is -0.0545. The fourth-order valence-corrected chi connectivity index (χ4v) is 3.44. The number of aromatic nitrogens is 2. The second kappa shape index (κ2) is 6.26. The van der Waals surface area contributed by atoms with E-state index in [1.54, 1.807) is 19.0 Å². The lowest BCUT2D eigenvalue weighted by Crippen LogP contribution is -2.50. The van der Waals surface area contributed by atoms with Gasteiger partial charge in [0.1, 0.15) is 0 Å². The Balaban J connectivity index is 1.70. The van der Waals surface area contributed by atoms with Crippen molar-refractivity contribution < 1.29 is 9.53 Å². The highest BCUT2D eigenvalue weighted by Crippen LogP contribution is 2.30. The summed E-state index contributed by atoms with van der Waals surface area (Å²) in [6.45, 7) is 2.47. The number of ether oxygens (including phenoxy) is 1. The van der Waals surface area contributed by atoms with Crippen molar-refractivity contribution in [1.29, 1.82) is 0 Å². The highest BCUT2D eigenvalue weighted by Gasteiger charge is 2.44. The fourth-order valence-electron chi connectivity index (χ4n) is 3.44. The lowest BCUT2D eigenvalue weighted by Gasteiger charge is -2.32. The maximum atomic E-state index is 12.0. The van der Waals surface area contributed by atoms with E-state index in [2.05, 4.69) is 15.3 Å². The molecule has 2 aliphatic heterocycles. The van der Waals surface area contributed by atoms with Crippen LogP contribution in [0.1, 0.15) is 18.4 Å². The van der Waals surface area contributed by atoms with Gasteiger partial charge in [-0.25, -0.2) is 4.79 Å². The molecule has 0 saturated carbocycles. The molecule has 0 bridgehead atoms. The Morgan fingerprint density at radius 3 is 3.05 bits per heavy atom. The predicted molar refractivity (Wildman–Crippen MR) is 82.4 cm³/mol. The van der Waals surface area contributed by atoms with Crippen LogP contribution in [0, 0.1) is 0 Å². The number of likely N-dealkylation sites (tertiary alicyclic amines) is 1. The molecule has 3 rings (SSSR count). The molecule has 122 valence electrons. The zero-order chi connectivity index (χ0) is 15.7. The summed E-state index contributed by atoms with van der Waals surface area (Å²) in [5, 5.41) is 7.33. The predicted octanol–water partition coefficient (Wildman–Crippen LogP) is 0.423. The first-order valence-electron chi connectivity index (χ1n) is 7.85. The second-order valence-electron chi connectivity index (χ2n) is 6.45. The van der Waals surface area contributed by atoms with Crippen molar-refractivity contribution in [2.24, 2.45) is 7.05 Å². The summed E-state index contributed by atoms with van der Waals surface area (Å²) < 4.78 is 7.80. The first-order valence-corrected chi connectivity index (χ1v) is 7.85. The lowest BCUT2D eigenvalue weighted by atomic mass is 10.0. The molecule has 3 atom stereocenters. The number of carbonyl (C=O) groups excluding carboxylic acids is 1. The van der Waals surface area contributed by atoms with Gasteiger partial charge in [0.2, 0.25) is 0 Å². The van der Waals surface area contributed by atoms with Crippen LogP contribution in [-0.4, -0.2) is 71.0 Å². The number of amides is 2. The molecule has 2 amide bonds. The zero-order valence-electron chi connectivity index (χ0n) is 13.5. The summed E-state index contributed by atoms with van der Waals surface area (Å²) in [4.78, 5) is 16.0. The molecule has 1 aromatic rings. The van der Waals surface area contributed by atoms with Gasteiger partial charge in [0.05, 0.1) is 18.3 Å². The summed E-state index contributed by atoms with van der Waals surface area (Å²) in [7, 11) is 5.45. The normalized spacial score (nSPS) is 28.4. The minimum Gasteiger partial charge on any atom is -0.374 e. The minimum absolute atomic E-state index is 0.0527. The van der Waals surface area contributed by atoms with Crippen LogP contribution in [0.5, 0.6) is 0 Å². The molecule has 0 unspecified atom stereocenters. The van der Waals surface area contributed by atoms with E-state index in [1.807, 2.05) is 24.1 Å². The average molecular weight is 307 g/mol. The number of rotatable bonds is 3. The molecular formula is C15H25N5O2. The number of nitrogens with zero attached hydrogens (tertiary/aromatic N) is 4. The number of urea groups is 1. The third-order valence-corrected chi connectivity index (χ3v) is 4.49. The lowest BCUT2D eigenvalue weighted by molar-refractivity contribution is -0.0207. The molecule has 3 heterocycles. The summed E-state index contributed by atoms with van der Waals surface area (Å²) in [6.07, 6.45) is 6.25. The standard InChI is InChI=1S/C15H25N5O2/c1-18(2)15(21)17-12-10-20(9-11-7-16-19(3)8-11)13-5-4-6-22-14(12)13/h7-8,12-14H,4-6,9-10H2,1-3H3,(H,17,21)/t12-,13-,14-/m1/s1. The topological polar surface area (TPSA) is 62.6 Å². The van der Waals surface area contributed by atoms with Crippen LogP contribution in [0.15, 0.2) is 12.4 Å². The highest BCUT2D eigenvalue weighted by molar-refractivity contribution is 5.74. The number of fused-ring (bicyclic) bond motifs is 1. The van der Waals surface area contributed by atoms with Crippen molar-refractivity contribution in [1.82, 2.24) is 24.9 Å². The third-order valence-electron chi connectivity index (χ3n) is 4.49. The van der Waals surface area contributed by atoms with Crippen LogP contribution >= 0.6 is 0 Å². The number of aryl methyl sites for hydroxylation is 1. The van der Waals surface area contributed by atoms with Crippen molar-refractivity contribution in [2.75, 3.05) is 27.2 Å². The monoisotopic (exact) mass is 307 g/mol. The van der Waals surface area contributed by atoms with Gasteiger partial charge >= 0.3 is 6.03 Å². The summed E-state index contributed by atoms with van der Waals surface area (Å²) in [5.74, 6) is 0. The van der Waals surface area contributed by atoms with Gasteiger partial charge in [0.25, 0.3) is 0 Å². The smallest absolute Gasteiger partial charge is 0.317 e. The van der Waals surface area contributed by atoms with Crippen molar-refractivity contribution in [3.8, 4) is 0 Å². The average Bonchev–Trinajstić information content (AvgIpc) is 3.04. The largest absolute Gasteiger partial charge is 0.374 e. The molecule has 22 heavy (non-hydrogen) atoms. The molecule has 0 aliphatic carbocycles. The van der Waals surface area contributed by atoms with E-state index in [0.29, 0.717) is 6.04 Å². The summed E-state index contributed by atoms with van der Waals surface area (Å²) in [6, 6.07) is 0.374. The third kappa shape index (κ3) is 3.10. The molecule has 0 aromatic carbocycles. The van der Waals surface area contributed by atoms with E-state index in [0.717, 1.165) is 32.5 Å². The van der Waals surface area contributed by atoms with Crippen LogP contribution in [0.4, 0.5) is 4.79 Å². The Kier molecular flexibility index (Phi) is 4.35. The van der Waals surface area contributed by atoms with Gasteiger partial charge in [-0.15, -0.1) is 0 Å². The van der Waals surface area contributed by atoms with Crippen molar-refractivity contribution in [3.05, 3.63) is 18.0 Å². The molecule has 7 heteroatoms. The van der Waals surface area contributed by atoms with Crippen LogP contribution in [0.2, 0.25) is 0 Å². The fraction of sp³-hybridized carbons (Fsp3) is 0.733. The van der Waals surface area contributed by atoms with Crippen molar-refractivity contribution in [3.63, 3.8) is 0 Å². The molecular weight excluding hydrogens is 282 g/mol. The van der Waals surface area contributed by atoms with E-state index in [1.165, 1.54) is 5.56 Å². The number of nitrogens with one attached hydrogen (secondary N) is 1. The van der Waals surface area contributed by atoms with Gasteiger partial charge in [-0.05, 0) is 12.8 Å². The molecule has 2 aliphatic rings. The number of carbonyl (C=O) groups is 1. The molecule has 2 fully saturated rings. The Morgan fingerprint density at radius 1 is 1.55 bits per heavy atom. The molecule has 1 aromatic heterocycles. The highest BCUT2D eigenvalue weighted by atomic mass is 16.5. The Hall–Kier alpha value is -1.60. The van der Waals surface area contributed by atoms with Crippen LogP contribution in [0.25, 0.3) is 0 Å². The first kappa shape index (κ1) is 15.3. The van der Waals surface area contributed by atoms with E-state index in [9.17, 15) is 4.79 Å². The first-order chi connectivity index (χ1) is 10.5. The van der Waals surface area contributed by atoms with E-state index in [-0.39, 0.29) is 18.2 Å². The Labute approximate surface area is 131 Å². The molecule has 7 nitrogen and oxygen atoms in total. The van der Waals surface area contributed by atoms with Gasteiger partial charge in [-0.1, -0.05) is 0 Å². The number of hydrogen-bond donors (Lipinski definition) is 1. The van der Waals surface area contributed by atoms with E-state index in [4.69, 9.17) is 4.74 Å². The van der Waals surface area contributed by atoms with Gasteiger partial charge in [-0.3, -0.25) is 9.58 Å². The van der Waals surface area contributed by atoms with Gasteiger partial charge in [0.15, 0.2) is 0 Å². The summed E-state index contributed by atoms with van der Waals surface area (Å²) in [5.41, 5.74) is 1.20. The molecule has 1 N–H and O–H groups in total. The zero-order valence-corrected chi connectivity index (χ0v) is 13.5. The molecule has 0 spiro atoms. The van der Waals surface area contributed by atoms with Crippen molar-refractivity contribution in [2.45, 2.75) is 37.6 Å². The quantitative estimate of drug-likeness (QED) is 0.879. The maximum absolute atomic E-state index is 12.0. The van der Waals surface area contributed by atoms with Crippen LogP contribution in [0.3, 0.4) is 0 Å². The Morgan fingerprint density at radius 2 is 2.36 bits per heavy atom. The maximum Gasteiger partial charge on any atom is 0.317 e. The second-order valence-corrected chi connectivity index (χ2v) is 6.45. The van der Waals surface area contributed by atoms with E-state index >= 15 is 0 Å². The SMILES string of the molecule is CN(C)C(=O)N[C@@H]1CN(Cc2cnn(C)c2)[C@@H]2CCCO[C@@H]21. The van der Waals surface area contributed by atoms with Gasteiger partial charge in [0, 0.05) is 58.6 Å². The molecule has 2 saturated heterocycles. The summed E-state index contributed by atoms with van der Waals surface area (Å²) >= 11 is 0.